The van der Waals surface area contributed by atoms with Crippen molar-refractivity contribution in [3.63, 3.8) is 0 Å². The van der Waals surface area contributed by atoms with Crippen molar-refractivity contribution in [3.05, 3.63) is 59.9 Å². The Morgan fingerprint density at radius 3 is 2.55 bits per heavy atom. The van der Waals surface area contributed by atoms with E-state index in [0.717, 1.165) is 48.0 Å². The number of pyridine rings is 1. The van der Waals surface area contributed by atoms with Crippen LogP contribution >= 0.6 is 0 Å². The number of aromatic nitrogens is 3. The van der Waals surface area contributed by atoms with Crippen molar-refractivity contribution in [2.75, 3.05) is 24.2 Å². The van der Waals surface area contributed by atoms with Gasteiger partial charge in [-0.2, -0.15) is 0 Å². The Morgan fingerprint density at radius 1 is 1.11 bits per heavy atom. The van der Waals surface area contributed by atoms with Crippen LogP contribution < -0.4 is 19.5 Å². The quantitative estimate of drug-likeness (QED) is 0.291. The van der Waals surface area contributed by atoms with Gasteiger partial charge in [0.1, 0.15) is 28.6 Å². The van der Waals surface area contributed by atoms with Crippen LogP contribution in [0.3, 0.4) is 0 Å². The van der Waals surface area contributed by atoms with E-state index in [1.165, 1.54) is 7.11 Å². The Morgan fingerprint density at radius 2 is 1.89 bits per heavy atom. The molecule has 1 aliphatic rings. The summed E-state index contributed by atoms with van der Waals surface area (Å²) >= 11 is 0. The number of hydrogen-bond donors (Lipinski definition) is 2. The molecule has 0 saturated heterocycles. The molecule has 2 aromatic heterocycles. The molecule has 2 aromatic carbocycles. The number of fused-ring (bicyclic) bond motifs is 1. The number of hydrogen-bond acceptors (Lipinski definition) is 7. The van der Waals surface area contributed by atoms with Gasteiger partial charge in [-0.15, -0.1) is 0 Å². The summed E-state index contributed by atoms with van der Waals surface area (Å²) in [5, 5.41) is 3.80. The van der Waals surface area contributed by atoms with Gasteiger partial charge in [-0.3, -0.25) is 0 Å². The first-order chi connectivity index (χ1) is 18.2. The van der Waals surface area contributed by atoms with Gasteiger partial charge >= 0.3 is 0 Å². The Labute approximate surface area is 219 Å². The third-order valence-electron chi connectivity index (χ3n) is 6.43. The van der Waals surface area contributed by atoms with Gasteiger partial charge < -0.3 is 19.5 Å². The van der Waals surface area contributed by atoms with E-state index in [9.17, 15) is 13.0 Å². The molecule has 1 aliphatic carbocycles. The fraction of sp³-hybridized carbons (Fsp3) is 0.259. The fourth-order valence-corrected chi connectivity index (χ4v) is 5.48. The number of ether oxygens (including phenoxy) is 2. The maximum Gasteiger partial charge on any atom is 0.238 e. The number of benzene rings is 2. The minimum absolute atomic E-state index is 0.120. The molecule has 11 heteroatoms. The van der Waals surface area contributed by atoms with Crippen LogP contribution in [0.25, 0.3) is 22.0 Å². The van der Waals surface area contributed by atoms with E-state index < -0.39 is 21.3 Å². The van der Waals surface area contributed by atoms with Crippen LogP contribution in [0.15, 0.2) is 47.5 Å². The van der Waals surface area contributed by atoms with E-state index in [1.807, 2.05) is 19.1 Å². The van der Waals surface area contributed by atoms with Crippen molar-refractivity contribution in [2.24, 2.45) is 0 Å². The van der Waals surface area contributed by atoms with E-state index in [2.05, 4.69) is 30.9 Å². The topological polar surface area (TPSA) is 98.3 Å². The van der Waals surface area contributed by atoms with Crippen molar-refractivity contribution in [2.45, 2.75) is 37.2 Å². The zero-order valence-electron chi connectivity index (χ0n) is 21.2. The zero-order valence-corrected chi connectivity index (χ0v) is 22.0. The average Bonchev–Trinajstić information content (AvgIpc) is 2.85. The Hall–Kier alpha value is -3.99. The van der Waals surface area contributed by atoms with E-state index in [0.29, 0.717) is 28.8 Å². The SMILES string of the molecule is C=S(=O)(Nc1cc(-c2cc(OC3CCC3)c3nc(NC)nc(C)c3c2)cnc1OC)c1ccc(F)cc1F. The molecule has 38 heavy (non-hydrogen) atoms. The number of aryl methyl sites for hydroxylation is 1. The predicted octanol–water partition coefficient (Wildman–Crippen LogP) is 5.36. The van der Waals surface area contributed by atoms with Gasteiger partial charge in [-0.1, -0.05) is 0 Å². The molecule has 0 amide bonds. The minimum atomic E-state index is -3.42. The van der Waals surface area contributed by atoms with Crippen molar-refractivity contribution in [1.29, 1.82) is 0 Å². The van der Waals surface area contributed by atoms with Gasteiger partial charge in [-0.05, 0) is 68.0 Å². The Balaban J connectivity index is 1.60. The number of nitrogens with zero attached hydrogens (tertiary/aromatic N) is 3. The molecular formula is C27H27F2N5O3S. The Kier molecular flexibility index (Phi) is 6.78. The van der Waals surface area contributed by atoms with E-state index in [4.69, 9.17) is 9.47 Å². The van der Waals surface area contributed by atoms with Gasteiger partial charge in [0.2, 0.25) is 11.8 Å². The molecule has 1 unspecified atom stereocenters. The molecule has 0 radical (unpaired) electrons. The van der Waals surface area contributed by atoms with Crippen molar-refractivity contribution < 1.29 is 22.5 Å². The van der Waals surface area contributed by atoms with Crippen LogP contribution in [-0.2, 0) is 9.71 Å². The van der Waals surface area contributed by atoms with Crippen molar-refractivity contribution in [1.82, 2.24) is 15.0 Å². The average molecular weight is 540 g/mol. The molecule has 1 saturated carbocycles. The number of anilines is 2. The summed E-state index contributed by atoms with van der Waals surface area (Å²) in [5.74, 6) is 3.18. The molecular weight excluding hydrogens is 512 g/mol. The number of halogens is 2. The summed E-state index contributed by atoms with van der Waals surface area (Å²) in [6.07, 6.45) is 4.80. The lowest BCUT2D eigenvalue weighted by Crippen LogP contribution is -2.24. The van der Waals surface area contributed by atoms with Crippen LogP contribution in [0, 0.1) is 18.6 Å². The van der Waals surface area contributed by atoms with Crippen LogP contribution in [0.2, 0.25) is 0 Å². The highest BCUT2D eigenvalue weighted by molar-refractivity contribution is 8.01. The van der Waals surface area contributed by atoms with Gasteiger partial charge in [0.15, 0.2) is 0 Å². The van der Waals surface area contributed by atoms with Gasteiger partial charge in [0.05, 0.1) is 33.5 Å². The normalized spacial score (nSPS) is 15.0. The zero-order chi connectivity index (χ0) is 27.0. The summed E-state index contributed by atoms with van der Waals surface area (Å²) in [6.45, 7) is 1.90. The van der Waals surface area contributed by atoms with Crippen molar-refractivity contribution >= 4 is 38.1 Å². The van der Waals surface area contributed by atoms with Crippen LogP contribution in [-0.4, -0.2) is 45.3 Å². The molecule has 0 aliphatic heterocycles. The maximum atomic E-state index is 14.4. The van der Waals surface area contributed by atoms with Gasteiger partial charge in [-0.25, -0.2) is 27.9 Å². The van der Waals surface area contributed by atoms with Crippen LogP contribution in [0.1, 0.15) is 25.0 Å². The third kappa shape index (κ3) is 4.93. The molecule has 5 rings (SSSR count). The first kappa shape index (κ1) is 25.7. The number of methoxy groups -OCH3 is 1. The highest BCUT2D eigenvalue weighted by atomic mass is 32.2. The van der Waals surface area contributed by atoms with Gasteiger partial charge in [0, 0.05) is 30.3 Å². The van der Waals surface area contributed by atoms with E-state index in [-0.39, 0.29) is 22.6 Å². The van der Waals surface area contributed by atoms with Crippen molar-refractivity contribution in [3.8, 4) is 22.8 Å². The number of rotatable bonds is 8. The highest BCUT2D eigenvalue weighted by Gasteiger charge is 2.23. The lowest BCUT2D eigenvalue weighted by atomic mass is 9.96. The smallest absolute Gasteiger partial charge is 0.238 e. The highest BCUT2D eigenvalue weighted by Crippen LogP contribution is 2.38. The largest absolute Gasteiger partial charge is 0.488 e. The molecule has 0 bridgehead atoms. The van der Waals surface area contributed by atoms with Gasteiger partial charge in [0.25, 0.3) is 0 Å². The fourth-order valence-electron chi connectivity index (χ4n) is 4.21. The lowest BCUT2D eigenvalue weighted by molar-refractivity contribution is 0.122. The molecule has 8 nitrogen and oxygen atoms in total. The molecule has 2 N–H and O–H groups in total. The molecule has 4 aromatic rings. The molecule has 198 valence electrons. The summed E-state index contributed by atoms with van der Waals surface area (Å²) in [7, 11) is -0.249. The second-order valence-electron chi connectivity index (χ2n) is 9.06. The summed E-state index contributed by atoms with van der Waals surface area (Å²) in [6, 6.07) is 8.31. The molecule has 0 spiro atoms. The first-order valence-electron chi connectivity index (χ1n) is 12.0. The second-order valence-corrected chi connectivity index (χ2v) is 11.1. The summed E-state index contributed by atoms with van der Waals surface area (Å²) < 4.78 is 55.6. The summed E-state index contributed by atoms with van der Waals surface area (Å²) in [5.41, 5.74) is 3.11. The first-order valence-corrected chi connectivity index (χ1v) is 13.7. The third-order valence-corrected chi connectivity index (χ3v) is 8.02. The molecule has 1 fully saturated rings. The lowest BCUT2D eigenvalue weighted by Gasteiger charge is -2.27. The van der Waals surface area contributed by atoms with E-state index in [1.54, 1.807) is 19.3 Å². The maximum absolute atomic E-state index is 14.4. The summed E-state index contributed by atoms with van der Waals surface area (Å²) in [4.78, 5) is 13.3. The number of nitrogens with one attached hydrogen (secondary N) is 2. The van der Waals surface area contributed by atoms with E-state index >= 15 is 0 Å². The standard InChI is InChI=1S/C27H27F2N5O3S/c1-15-20-10-16(12-23(37-19-6-5-7-19)25(20)33-27(30-2)32-15)17-11-22(26(36-3)31-14-17)34-38(4,35)24-9-8-18(28)13-21(24)29/h8-14,19H,4-7H2,1-3H3,(H,34,35)(H,30,32,33). The monoisotopic (exact) mass is 539 g/mol. The second kappa shape index (κ2) is 10.1. The molecule has 1 atom stereocenters. The minimum Gasteiger partial charge on any atom is -0.488 e. The van der Waals surface area contributed by atoms with Crippen LogP contribution in [0.4, 0.5) is 20.4 Å². The Bertz CT molecular complexity index is 1640. The predicted molar refractivity (Wildman–Crippen MR) is 145 cm³/mol. The molecule has 2 heterocycles. The van der Waals surface area contributed by atoms with Crippen LogP contribution in [0.5, 0.6) is 11.6 Å².